The van der Waals surface area contributed by atoms with Crippen molar-refractivity contribution in [1.82, 2.24) is 19.5 Å². The highest BCUT2D eigenvalue weighted by atomic mass is 16.5. The van der Waals surface area contributed by atoms with Crippen molar-refractivity contribution in [2.24, 2.45) is 0 Å². The number of ether oxygens (including phenoxy) is 1. The lowest BCUT2D eigenvalue weighted by molar-refractivity contribution is 0.270. The second-order valence-corrected chi connectivity index (χ2v) is 7.26. The quantitative estimate of drug-likeness (QED) is 0.586. The van der Waals surface area contributed by atoms with Crippen molar-refractivity contribution in [2.75, 3.05) is 44.2 Å². The van der Waals surface area contributed by atoms with E-state index in [0.29, 0.717) is 0 Å². The Labute approximate surface area is 166 Å². The van der Waals surface area contributed by atoms with Crippen LogP contribution in [0.2, 0.25) is 0 Å². The Bertz CT molecular complexity index is 897. The van der Waals surface area contributed by atoms with Gasteiger partial charge in [0, 0.05) is 44.1 Å². The summed E-state index contributed by atoms with van der Waals surface area (Å²) in [5, 5.41) is 4.77. The molecule has 1 fully saturated rings. The Balaban J connectivity index is 1.55. The third kappa shape index (κ3) is 3.97. The molecule has 1 aromatic carbocycles. The molecule has 148 valence electrons. The molecule has 0 aliphatic carbocycles. The predicted molar refractivity (Wildman–Crippen MR) is 113 cm³/mol. The van der Waals surface area contributed by atoms with E-state index in [2.05, 4.69) is 46.8 Å². The topological polar surface area (TPSA) is 45.9 Å². The monoisotopic (exact) mass is 379 g/mol. The van der Waals surface area contributed by atoms with E-state index in [1.165, 1.54) is 0 Å². The number of rotatable bonds is 7. The van der Waals surface area contributed by atoms with Crippen LogP contribution < -0.4 is 9.64 Å². The molecule has 0 atom stereocenters. The number of likely N-dealkylation sites (N-methyl/N-ethyl adjacent to an activating group) is 1. The highest BCUT2D eigenvalue weighted by Crippen LogP contribution is 2.27. The smallest absolute Gasteiger partial charge is 0.154 e. The molecule has 0 N–H and O–H groups in total. The number of hydrogen-bond acceptors (Lipinski definition) is 5. The molecule has 0 spiro atoms. The van der Waals surface area contributed by atoms with E-state index in [4.69, 9.17) is 9.84 Å². The van der Waals surface area contributed by atoms with Crippen molar-refractivity contribution in [3.8, 4) is 17.0 Å². The second-order valence-electron chi connectivity index (χ2n) is 7.26. The SMILES string of the molecule is CCCCOc1ccc(-c2cc3c(N4CCN(CC)CC4)nccn3n2)cc1. The van der Waals surface area contributed by atoms with Crippen molar-refractivity contribution in [2.45, 2.75) is 26.7 Å². The van der Waals surface area contributed by atoms with Gasteiger partial charge in [0.25, 0.3) is 0 Å². The van der Waals surface area contributed by atoms with Crippen LogP contribution >= 0.6 is 0 Å². The van der Waals surface area contributed by atoms with Crippen LogP contribution in [0.4, 0.5) is 5.82 Å². The Morgan fingerprint density at radius 3 is 2.54 bits per heavy atom. The normalized spacial score (nSPS) is 15.3. The largest absolute Gasteiger partial charge is 0.494 e. The summed E-state index contributed by atoms with van der Waals surface area (Å²) in [6, 6.07) is 10.4. The van der Waals surface area contributed by atoms with Crippen LogP contribution in [-0.2, 0) is 0 Å². The van der Waals surface area contributed by atoms with Crippen LogP contribution in [-0.4, -0.2) is 58.8 Å². The van der Waals surface area contributed by atoms with E-state index in [1.807, 2.05) is 29.0 Å². The fourth-order valence-electron chi connectivity index (χ4n) is 3.63. The van der Waals surface area contributed by atoms with Crippen molar-refractivity contribution >= 4 is 11.3 Å². The van der Waals surface area contributed by atoms with Crippen LogP contribution in [0.1, 0.15) is 26.7 Å². The molecule has 6 nitrogen and oxygen atoms in total. The van der Waals surface area contributed by atoms with Crippen LogP contribution in [0.3, 0.4) is 0 Å². The highest BCUT2D eigenvalue weighted by Gasteiger charge is 2.20. The third-order valence-electron chi connectivity index (χ3n) is 5.41. The first-order valence-electron chi connectivity index (χ1n) is 10.3. The van der Waals surface area contributed by atoms with Gasteiger partial charge in [0.1, 0.15) is 11.3 Å². The van der Waals surface area contributed by atoms with Gasteiger partial charge in [-0.25, -0.2) is 9.50 Å². The first-order valence-corrected chi connectivity index (χ1v) is 10.3. The molecule has 0 unspecified atom stereocenters. The number of aromatic nitrogens is 3. The highest BCUT2D eigenvalue weighted by molar-refractivity contribution is 5.75. The molecular formula is C22H29N5O. The standard InChI is InChI=1S/C22H29N5O/c1-3-5-16-28-19-8-6-18(7-9-19)20-17-21-22(23-10-11-27(21)24-20)26-14-12-25(4-2)13-15-26/h6-11,17H,3-5,12-16H2,1-2H3. The molecule has 0 radical (unpaired) electrons. The van der Waals surface area contributed by atoms with Crippen molar-refractivity contribution in [3.63, 3.8) is 0 Å². The maximum atomic E-state index is 5.77. The van der Waals surface area contributed by atoms with Gasteiger partial charge < -0.3 is 14.5 Å². The first kappa shape index (κ1) is 18.7. The summed E-state index contributed by atoms with van der Waals surface area (Å²) < 4.78 is 7.71. The Morgan fingerprint density at radius 1 is 1.04 bits per heavy atom. The molecule has 1 saturated heterocycles. The summed E-state index contributed by atoms with van der Waals surface area (Å²) in [7, 11) is 0. The lowest BCUT2D eigenvalue weighted by atomic mass is 10.1. The molecule has 4 rings (SSSR count). The molecule has 6 heteroatoms. The van der Waals surface area contributed by atoms with Crippen molar-refractivity contribution < 1.29 is 4.74 Å². The van der Waals surface area contributed by atoms with E-state index in [1.54, 1.807) is 0 Å². The molecule has 28 heavy (non-hydrogen) atoms. The van der Waals surface area contributed by atoms with Gasteiger partial charge in [-0.3, -0.25) is 0 Å². The molecular weight excluding hydrogens is 350 g/mol. The van der Waals surface area contributed by atoms with E-state index >= 15 is 0 Å². The van der Waals surface area contributed by atoms with E-state index < -0.39 is 0 Å². The van der Waals surface area contributed by atoms with E-state index in [0.717, 1.165) is 80.5 Å². The second kappa shape index (κ2) is 8.61. The van der Waals surface area contributed by atoms with Crippen LogP contribution in [0, 0.1) is 0 Å². The van der Waals surface area contributed by atoms with Crippen molar-refractivity contribution in [3.05, 3.63) is 42.7 Å². The summed E-state index contributed by atoms with van der Waals surface area (Å²) in [5.74, 6) is 1.94. The third-order valence-corrected chi connectivity index (χ3v) is 5.41. The van der Waals surface area contributed by atoms with Gasteiger partial charge in [-0.1, -0.05) is 20.3 Å². The molecule has 3 aromatic rings. The van der Waals surface area contributed by atoms with Crippen LogP contribution in [0.25, 0.3) is 16.8 Å². The summed E-state index contributed by atoms with van der Waals surface area (Å²) in [6.07, 6.45) is 5.99. The number of fused-ring (bicyclic) bond motifs is 1. The van der Waals surface area contributed by atoms with E-state index in [9.17, 15) is 0 Å². The number of benzene rings is 1. The van der Waals surface area contributed by atoms with Gasteiger partial charge in [-0.2, -0.15) is 5.10 Å². The summed E-state index contributed by atoms with van der Waals surface area (Å²) in [6.45, 7) is 10.4. The Hall–Kier alpha value is -2.60. The van der Waals surface area contributed by atoms with Gasteiger partial charge in [0.2, 0.25) is 0 Å². The van der Waals surface area contributed by atoms with Crippen LogP contribution in [0.15, 0.2) is 42.7 Å². The number of anilines is 1. The molecule has 3 heterocycles. The maximum absolute atomic E-state index is 5.77. The zero-order chi connectivity index (χ0) is 19.3. The Morgan fingerprint density at radius 2 is 1.82 bits per heavy atom. The average Bonchev–Trinajstić information content (AvgIpc) is 3.19. The zero-order valence-electron chi connectivity index (χ0n) is 16.8. The Kier molecular flexibility index (Phi) is 5.76. The first-order chi connectivity index (χ1) is 13.8. The van der Waals surface area contributed by atoms with Gasteiger partial charge >= 0.3 is 0 Å². The fraction of sp³-hybridized carbons (Fsp3) is 0.455. The lowest BCUT2D eigenvalue weighted by Crippen LogP contribution is -2.46. The average molecular weight is 380 g/mol. The molecule has 0 saturated carbocycles. The minimum absolute atomic E-state index is 0.768. The molecule has 2 aromatic heterocycles. The summed E-state index contributed by atoms with van der Waals surface area (Å²) >= 11 is 0. The molecule has 0 amide bonds. The molecule has 1 aliphatic rings. The summed E-state index contributed by atoms with van der Waals surface area (Å²) in [4.78, 5) is 9.52. The maximum Gasteiger partial charge on any atom is 0.154 e. The zero-order valence-corrected chi connectivity index (χ0v) is 16.8. The van der Waals surface area contributed by atoms with Crippen molar-refractivity contribution in [1.29, 1.82) is 0 Å². The fourth-order valence-corrected chi connectivity index (χ4v) is 3.63. The van der Waals surface area contributed by atoms with Gasteiger partial charge in [-0.05, 0) is 43.3 Å². The number of unbranched alkanes of at least 4 members (excludes halogenated alkanes) is 1. The van der Waals surface area contributed by atoms with Gasteiger partial charge in [-0.15, -0.1) is 0 Å². The van der Waals surface area contributed by atoms with Crippen LogP contribution in [0.5, 0.6) is 5.75 Å². The number of piperazine rings is 1. The number of hydrogen-bond donors (Lipinski definition) is 0. The molecule has 0 bridgehead atoms. The predicted octanol–water partition coefficient (Wildman–Crippen LogP) is 3.72. The lowest BCUT2D eigenvalue weighted by Gasteiger charge is -2.34. The molecule has 1 aliphatic heterocycles. The minimum Gasteiger partial charge on any atom is -0.494 e. The summed E-state index contributed by atoms with van der Waals surface area (Å²) in [5.41, 5.74) is 3.11. The van der Waals surface area contributed by atoms with E-state index in [-0.39, 0.29) is 0 Å². The van der Waals surface area contributed by atoms with Gasteiger partial charge in [0.05, 0.1) is 12.3 Å². The number of nitrogens with zero attached hydrogens (tertiary/aromatic N) is 5. The minimum atomic E-state index is 0.768. The van der Waals surface area contributed by atoms with Gasteiger partial charge in [0.15, 0.2) is 5.82 Å².